The molecule has 0 radical (unpaired) electrons. The Labute approximate surface area is 172 Å². The number of aromatic nitrogens is 4. The molecule has 3 aromatic rings. The van der Waals surface area contributed by atoms with E-state index in [0.29, 0.717) is 24.7 Å². The molecule has 8 nitrogen and oxygen atoms in total. The molecule has 4 rings (SSSR count). The molecule has 0 N–H and O–H groups in total. The number of aryl methyl sites for hydroxylation is 1. The average Bonchev–Trinajstić information content (AvgIpc) is 3.13. The van der Waals surface area contributed by atoms with E-state index in [2.05, 4.69) is 15.1 Å². The minimum atomic E-state index is -3.70. The molecule has 158 valence electrons. The lowest BCUT2D eigenvalue weighted by Crippen LogP contribution is -2.49. The molecular formula is C19H20F2N6O2S. The van der Waals surface area contributed by atoms with Gasteiger partial charge in [-0.3, -0.25) is 0 Å². The van der Waals surface area contributed by atoms with Gasteiger partial charge < -0.3 is 4.90 Å². The van der Waals surface area contributed by atoms with Crippen LogP contribution in [0.3, 0.4) is 0 Å². The third kappa shape index (κ3) is 4.46. The molecule has 0 aliphatic carbocycles. The van der Waals surface area contributed by atoms with Crippen LogP contribution in [0.15, 0.2) is 42.9 Å². The minimum Gasteiger partial charge on any atom is -0.354 e. The van der Waals surface area contributed by atoms with Crippen LogP contribution in [0.2, 0.25) is 0 Å². The highest BCUT2D eigenvalue weighted by Gasteiger charge is 2.28. The number of hydrogen-bond acceptors (Lipinski definition) is 6. The van der Waals surface area contributed by atoms with Crippen LogP contribution in [-0.2, 0) is 15.8 Å². The van der Waals surface area contributed by atoms with E-state index in [1.54, 1.807) is 16.9 Å². The number of halogens is 2. The smallest absolute Gasteiger partial charge is 0.218 e. The van der Waals surface area contributed by atoms with Crippen molar-refractivity contribution in [2.24, 2.45) is 0 Å². The lowest BCUT2D eigenvalue weighted by molar-refractivity contribution is 0.383. The third-order valence-corrected chi connectivity index (χ3v) is 6.67. The van der Waals surface area contributed by atoms with Crippen molar-refractivity contribution in [3.8, 4) is 5.82 Å². The van der Waals surface area contributed by atoms with Gasteiger partial charge in [0.2, 0.25) is 10.0 Å². The van der Waals surface area contributed by atoms with Crippen LogP contribution in [-0.4, -0.2) is 58.7 Å². The van der Waals surface area contributed by atoms with Crippen LogP contribution in [0.5, 0.6) is 0 Å². The fraction of sp³-hybridized carbons (Fsp3) is 0.316. The summed E-state index contributed by atoms with van der Waals surface area (Å²) in [6.45, 7) is 3.26. The predicted molar refractivity (Wildman–Crippen MR) is 107 cm³/mol. The van der Waals surface area contributed by atoms with Gasteiger partial charge in [-0.1, -0.05) is 0 Å². The Balaban J connectivity index is 1.43. The molecule has 1 aliphatic heterocycles. The zero-order chi connectivity index (χ0) is 21.3. The second kappa shape index (κ2) is 8.07. The third-order valence-electron chi connectivity index (χ3n) is 4.82. The average molecular weight is 434 g/mol. The molecule has 1 aromatic carbocycles. The van der Waals surface area contributed by atoms with Crippen LogP contribution in [0, 0.1) is 18.6 Å². The van der Waals surface area contributed by atoms with Crippen molar-refractivity contribution in [3.05, 3.63) is 65.7 Å². The Bertz CT molecular complexity index is 1140. The Morgan fingerprint density at radius 1 is 0.967 bits per heavy atom. The number of piperazine rings is 1. The first kappa shape index (κ1) is 20.4. The van der Waals surface area contributed by atoms with E-state index < -0.39 is 27.4 Å². The monoisotopic (exact) mass is 434 g/mol. The number of nitrogens with zero attached hydrogens (tertiary/aromatic N) is 6. The van der Waals surface area contributed by atoms with Gasteiger partial charge in [-0.15, -0.1) is 0 Å². The standard InChI is InChI=1S/C19H20F2N6O2S/c1-14-2-3-27(24-14)19-11-18(22-13-23-19)25-4-6-26(7-5-25)30(28,29)12-15-8-16(20)10-17(21)9-15/h2-3,8-11,13H,4-7,12H2,1H3. The molecule has 0 spiro atoms. The van der Waals surface area contributed by atoms with Gasteiger partial charge in [-0.25, -0.2) is 31.8 Å². The maximum atomic E-state index is 13.4. The number of rotatable bonds is 5. The van der Waals surface area contributed by atoms with Crippen LogP contribution in [0.25, 0.3) is 5.82 Å². The SMILES string of the molecule is Cc1ccn(-c2cc(N3CCN(S(=O)(=O)Cc4cc(F)cc(F)c4)CC3)ncn2)n1. The van der Waals surface area contributed by atoms with Gasteiger partial charge >= 0.3 is 0 Å². The quantitative estimate of drug-likeness (QED) is 0.610. The summed E-state index contributed by atoms with van der Waals surface area (Å²) in [7, 11) is -3.70. The summed E-state index contributed by atoms with van der Waals surface area (Å²) in [5, 5.41) is 4.33. The molecule has 11 heteroatoms. The molecule has 1 aliphatic rings. The number of sulfonamides is 1. The summed E-state index contributed by atoms with van der Waals surface area (Å²) in [5.74, 6) is -0.736. The first-order valence-corrected chi connectivity index (χ1v) is 10.9. The molecule has 0 amide bonds. The van der Waals surface area contributed by atoms with Crippen LogP contribution >= 0.6 is 0 Å². The van der Waals surface area contributed by atoms with Gasteiger partial charge in [0.05, 0.1) is 11.4 Å². The fourth-order valence-electron chi connectivity index (χ4n) is 3.37. The van der Waals surface area contributed by atoms with Crippen molar-refractivity contribution in [3.63, 3.8) is 0 Å². The molecule has 30 heavy (non-hydrogen) atoms. The lowest BCUT2D eigenvalue weighted by atomic mass is 10.2. The van der Waals surface area contributed by atoms with Crippen molar-refractivity contribution >= 4 is 15.8 Å². The molecule has 1 saturated heterocycles. The van der Waals surface area contributed by atoms with E-state index in [1.165, 1.54) is 10.6 Å². The van der Waals surface area contributed by atoms with E-state index >= 15 is 0 Å². The van der Waals surface area contributed by atoms with E-state index in [-0.39, 0.29) is 18.7 Å². The minimum absolute atomic E-state index is 0.0879. The highest BCUT2D eigenvalue weighted by Crippen LogP contribution is 2.19. The summed E-state index contributed by atoms with van der Waals surface area (Å²) in [6.07, 6.45) is 3.25. The topological polar surface area (TPSA) is 84.2 Å². The lowest BCUT2D eigenvalue weighted by Gasteiger charge is -2.34. The van der Waals surface area contributed by atoms with Crippen molar-refractivity contribution in [1.82, 2.24) is 24.1 Å². The maximum absolute atomic E-state index is 13.4. The number of hydrogen-bond donors (Lipinski definition) is 0. The molecule has 1 fully saturated rings. The molecule has 0 unspecified atom stereocenters. The Hall–Kier alpha value is -2.92. The van der Waals surface area contributed by atoms with Crippen molar-refractivity contribution in [2.45, 2.75) is 12.7 Å². The number of benzene rings is 1. The first-order valence-electron chi connectivity index (χ1n) is 9.33. The van der Waals surface area contributed by atoms with Gasteiger partial charge in [0.1, 0.15) is 23.8 Å². The van der Waals surface area contributed by atoms with E-state index in [0.717, 1.165) is 23.9 Å². The molecule has 0 atom stereocenters. The fourth-order valence-corrected chi connectivity index (χ4v) is 4.86. The van der Waals surface area contributed by atoms with E-state index in [4.69, 9.17) is 0 Å². The second-order valence-corrected chi connectivity index (χ2v) is 9.03. The largest absolute Gasteiger partial charge is 0.354 e. The molecule has 3 heterocycles. The van der Waals surface area contributed by atoms with Gasteiger partial charge in [-0.2, -0.15) is 9.40 Å². The highest BCUT2D eigenvalue weighted by molar-refractivity contribution is 7.88. The summed E-state index contributed by atoms with van der Waals surface area (Å²) in [5.41, 5.74) is 0.956. The van der Waals surface area contributed by atoms with Crippen molar-refractivity contribution < 1.29 is 17.2 Å². The van der Waals surface area contributed by atoms with Crippen molar-refractivity contribution in [2.75, 3.05) is 31.1 Å². The second-order valence-electron chi connectivity index (χ2n) is 7.06. The van der Waals surface area contributed by atoms with Gasteiger partial charge in [0.15, 0.2) is 5.82 Å². The summed E-state index contributed by atoms with van der Waals surface area (Å²) < 4.78 is 55.1. The van der Waals surface area contributed by atoms with Crippen LogP contribution in [0.1, 0.15) is 11.3 Å². The summed E-state index contributed by atoms with van der Waals surface area (Å²) >= 11 is 0. The number of anilines is 1. The summed E-state index contributed by atoms with van der Waals surface area (Å²) in [6, 6.07) is 6.46. The van der Waals surface area contributed by atoms with Gasteiger partial charge in [0.25, 0.3) is 0 Å². The molecule has 0 bridgehead atoms. The molecule has 0 saturated carbocycles. The van der Waals surface area contributed by atoms with E-state index in [1.807, 2.05) is 17.9 Å². The summed E-state index contributed by atoms with van der Waals surface area (Å²) in [4.78, 5) is 10.5. The Morgan fingerprint density at radius 3 is 2.27 bits per heavy atom. The zero-order valence-electron chi connectivity index (χ0n) is 16.2. The highest BCUT2D eigenvalue weighted by atomic mass is 32.2. The first-order chi connectivity index (χ1) is 14.3. The van der Waals surface area contributed by atoms with Crippen molar-refractivity contribution in [1.29, 1.82) is 0 Å². The Kier molecular flexibility index (Phi) is 5.48. The van der Waals surface area contributed by atoms with Crippen LogP contribution in [0.4, 0.5) is 14.6 Å². The molecular weight excluding hydrogens is 414 g/mol. The zero-order valence-corrected chi connectivity index (χ0v) is 17.1. The van der Waals surface area contributed by atoms with Gasteiger partial charge in [0, 0.05) is 44.5 Å². The maximum Gasteiger partial charge on any atom is 0.218 e. The van der Waals surface area contributed by atoms with Crippen LogP contribution < -0.4 is 4.90 Å². The normalized spacial score (nSPS) is 15.5. The van der Waals surface area contributed by atoms with Gasteiger partial charge in [-0.05, 0) is 30.7 Å². The predicted octanol–water partition coefficient (Wildman–Crippen LogP) is 1.90. The Morgan fingerprint density at radius 2 is 1.63 bits per heavy atom. The molecule has 2 aromatic heterocycles. The van der Waals surface area contributed by atoms with E-state index in [9.17, 15) is 17.2 Å².